The lowest BCUT2D eigenvalue weighted by atomic mass is 10.1. The van der Waals surface area contributed by atoms with Gasteiger partial charge in [0.2, 0.25) is 0 Å². The first kappa shape index (κ1) is 14.5. The molecule has 2 aromatic rings. The number of nitrogens with zero attached hydrogens (tertiary/aromatic N) is 3. The van der Waals surface area contributed by atoms with Crippen LogP contribution < -0.4 is 0 Å². The van der Waals surface area contributed by atoms with Gasteiger partial charge in [0, 0.05) is 19.0 Å². The fraction of sp³-hybridized carbons (Fsp3) is 0.385. The van der Waals surface area contributed by atoms with Crippen molar-refractivity contribution in [3.63, 3.8) is 0 Å². The minimum atomic E-state index is -4.39. The highest BCUT2D eigenvalue weighted by atomic mass is 19.4. The minimum absolute atomic E-state index is 0.204. The average molecular weight is 285 g/mol. The Labute approximate surface area is 114 Å². The Kier molecular flexibility index (Phi) is 3.80. The summed E-state index contributed by atoms with van der Waals surface area (Å²) >= 11 is 0. The SMILES string of the molecule is COCn1c(C)nc(-c2cc(C(F)(F)F)ccn2)c1C. The molecule has 2 aromatic heterocycles. The topological polar surface area (TPSA) is 39.9 Å². The van der Waals surface area contributed by atoms with E-state index in [0.29, 0.717) is 18.2 Å². The molecule has 0 aliphatic carbocycles. The van der Waals surface area contributed by atoms with Crippen LogP contribution in [0.25, 0.3) is 11.4 Å². The number of imidazole rings is 1. The molecule has 2 heterocycles. The molecule has 0 fully saturated rings. The highest BCUT2D eigenvalue weighted by Crippen LogP contribution is 2.31. The summed E-state index contributed by atoms with van der Waals surface area (Å²) in [6.07, 6.45) is -3.25. The quantitative estimate of drug-likeness (QED) is 0.869. The molecule has 0 spiro atoms. The summed E-state index contributed by atoms with van der Waals surface area (Å²) in [6.45, 7) is 3.84. The largest absolute Gasteiger partial charge is 0.416 e. The lowest BCUT2D eigenvalue weighted by Gasteiger charge is -2.08. The van der Waals surface area contributed by atoms with Gasteiger partial charge in [-0.15, -0.1) is 0 Å². The maximum Gasteiger partial charge on any atom is 0.416 e. The van der Waals surface area contributed by atoms with E-state index >= 15 is 0 Å². The van der Waals surface area contributed by atoms with E-state index in [1.165, 1.54) is 0 Å². The summed E-state index contributed by atoms with van der Waals surface area (Å²) < 4.78 is 45.0. The molecular weight excluding hydrogens is 271 g/mol. The normalized spacial score (nSPS) is 11.9. The number of alkyl halides is 3. The molecule has 2 rings (SSSR count). The van der Waals surface area contributed by atoms with Crippen molar-refractivity contribution in [2.24, 2.45) is 0 Å². The van der Waals surface area contributed by atoms with Crippen LogP contribution in [0, 0.1) is 13.8 Å². The molecule has 0 unspecified atom stereocenters. The standard InChI is InChI=1S/C13H14F3N3O/c1-8-12(18-9(2)19(8)7-20-3)11-6-10(4-5-17-11)13(14,15)16/h4-6H,7H2,1-3H3. The maximum absolute atomic E-state index is 12.7. The third-order valence-corrected chi connectivity index (χ3v) is 3.00. The highest BCUT2D eigenvalue weighted by Gasteiger charge is 2.31. The lowest BCUT2D eigenvalue weighted by molar-refractivity contribution is -0.137. The molecule has 0 aliphatic heterocycles. The van der Waals surface area contributed by atoms with E-state index in [1.54, 1.807) is 25.5 Å². The molecule has 108 valence electrons. The molecule has 0 N–H and O–H groups in total. The first-order chi connectivity index (χ1) is 9.34. The average Bonchev–Trinajstić information content (AvgIpc) is 2.66. The molecule has 0 saturated heterocycles. The Morgan fingerprint density at radius 1 is 1.30 bits per heavy atom. The van der Waals surface area contributed by atoms with Gasteiger partial charge in [0.25, 0.3) is 0 Å². The van der Waals surface area contributed by atoms with Crippen LogP contribution in [0.5, 0.6) is 0 Å². The molecule has 0 saturated carbocycles. The zero-order valence-electron chi connectivity index (χ0n) is 11.3. The third kappa shape index (κ3) is 2.67. The predicted molar refractivity (Wildman–Crippen MR) is 66.9 cm³/mol. The number of aryl methyl sites for hydroxylation is 1. The number of aromatic nitrogens is 3. The Bertz CT molecular complexity index is 620. The molecule has 0 radical (unpaired) electrons. The third-order valence-electron chi connectivity index (χ3n) is 3.00. The monoisotopic (exact) mass is 285 g/mol. The summed E-state index contributed by atoms with van der Waals surface area (Å²) in [7, 11) is 1.54. The van der Waals surface area contributed by atoms with Gasteiger partial charge < -0.3 is 9.30 Å². The van der Waals surface area contributed by atoms with Crippen molar-refractivity contribution < 1.29 is 17.9 Å². The molecule has 0 aromatic carbocycles. The van der Waals surface area contributed by atoms with Gasteiger partial charge in [-0.2, -0.15) is 13.2 Å². The summed E-state index contributed by atoms with van der Waals surface area (Å²) in [4.78, 5) is 8.26. The van der Waals surface area contributed by atoms with Crippen molar-refractivity contribution in [2.45, 2.75) is 26.8 Å². The second kappa shape index (κ2) is 5.24. The van der Waals surface area contributed by atoms with Crippen LogP contribution in [-0.4, -0.2) is 21.6 Å². The molecule has 0 atom stereocenters. The summed E-state index contributed by atoms with van der Waals surface area (Å²) in [5.41, 5.74) is 0.623. The summed E-state index contributed by atoms with van der Waals surface area (Å²) in [5, 5.41) is 0. The van der Waals surface area contributed by atoms with Gasteiger partial charge in [0.05, 0.1) is 11.3 Å². The number of rotatable bonds is 3. The fourth-order valence-electron chi connectivity index (χ4n) is 1.97. The van der Waals surface area contributed by atoms with Gasteiger partial charge >= 0.3 is 6.18 Å². The maximum atomic E-state index is 12.7. The Balaban J connectivity index is 2.50. The zero-order chi connectivity index (χ0) is 14.9. The fourth-order valence-corrected chi connectivity index (χ4v) is 1.97. The van der Waals surface area contributed by atoms with E-state index < -0.39 is 11.7 Å². The summed E-state index contributed by atoms with van der Waals surface area (Å²) in [5.74, 6) is 0.665. The number of pyridine rings is 1. The Morgan fingerprint density at radius 2 is 2.00 bits per heavy atom. The second-order valence-corrected chi connectivity index (χ2v) is 4.37. The van der Waals surface area contributed by atoms with Crippen molar-refractivity contribution in [1.29, 1.82) is 0 Å². The molecule has 20 heavy (non-hydrogen) atoms. The van der Waals surface area contributed by atoms with Crippen molar-refractivity contribution in [1.82, 2.24) is 14.5 Å². The van der Waals surface area contributed by atoms with Gasteiger partial charge in [-0.3, -0.25) is 4.98 Å². The molecule has 4 nitrogen and oxygen atoms in total. The van der Waals surface area contributed by atoms with Crippen LogP contribution in [0.1, 0.15) is 17.1 Å². The number of ether oxygens (including phenoxy) is 1. The van der Waals surface area contributed by atoms with Crippen molar-refractivity contribution in [3.8, 4) is 11.4 Å². The number of methoxy groups -OCH3 is 1. The molecule has 0 aliphatic rings. The Hall–Kier alpha value is -1.89. The van der Waals surface area contributed by atoms with Crippen LogP contribution in [-0.2, 0) is 17.6 Å². The van der Waals surface area contributed by atoms with E-state index in [1.807, 2.05) is 0 Å². The molecule has 7 heteroatoms. The minimum Gasteiger partial charge on any atom is -0.364 e. The van der Waals surface area contributed by atoms with Gasteiger partial charge in [-0.05, 0) is 26.0 Å². The van der Waals surface area contributed by atoms with Crippen molar-refractivity contribution in [3.05, 3.63) is 35.4 Å². The zero-order valence-corrected chi connectivity index (χ0v) is 11.3. The second-order valence-electron chi connectivity index (χ2n) is 4.37. The van der Waals surface area contributed by atoms with Gasteiger partial charge in [0.15, 0.2) is 0 Å². The van der Waals surface area contributed by atoms with E-state index in [4.69, 9.17) is 4.74 Å². The number of hydrogen-bond acceptors (Lipinski definition) is 3. The first-order valence-corrected chi connectivity index (χ1v) is 5.91. The predicted octanol–water partition coefficient (Wildman–Crippen LogP) is 3.18. The van der Waals surface area contributed by atoms with Crippen molar-refractivity contribution >= 4 is 0 Å². The molecule has 0 amide bonds. The summed E-state index contributed by atoms with van der Waals surface area (Å²) in [6, 6.07) is 1.95. The van der Waals surface area contributed by atoms with Crippen molar-refractivity contribution in [2.75, 3.05) is 7.11 Å². The van der Waals surface area contributed by atoms with Gasteiger partial charge in [0.1, 0.15) is 18.2 Å². The number of halogens is 3. The Morgan fingerprint density at radius 3 is 2.60 bits per heavy atom. The van der Waals surface area contributed by atoms with Gasteiger partial charge in [-0.1, -0.05) is 0 Å². The van der Waals surface area contributed by atoms with Crippen LogP contribution in [0.3, 0.4) is 0 Å². The molecule has 0 bridgehead atoms. The van der Waals surface area contributed by atoms with E-state index in [2.05, 4.69) is 9.97 Å². The first-order valence-electron chi connectivity index (χ1n) is 5.91. The highest BCUT2D eigenvalue weighted by molar-refractivity contribution is 5.58. The van der Waals surface area contributed by atoms with Crippen LogP contribution in [0.4, 0.5) is 13.2 Å². The van der Waals surface area contributed by atoms with E-state index in [0.717, 1.165) is 24.0 Å². The lowest BCUT2D eigenvalue weighted by Crippen LogP contribution is -2.06. The number of hydrogen-bond donors (Lipinski definition) is 0. The smallest absolute Gasteiger partial charge is 0.364 e. The van der Waals surface area contributed by atoms with Crippen LogP contribution in [0.2, 0.25) is 0 Å². The van der Waals surface area contributed by atoms with Gasteiger partial charge in [-0.25, -0.2) is 4.98 Å². The molecular formula is C13H14F3N3O. The van der Waals surface area contributed by atoms with E-state index in [-0.39, 0.29) is 5.69 Å². The van der Waals surface area contributed by atoms with E-state index in [9.17, 15) is 13.2 Å². The van der Waals surface area contributed by atoms with Crippen LogP contribution >= 0.6 is 0 Å². The van der Waals surface area contributed by atoms with Crippen LogP contribution in [0.15, 0.2) is 18.3 Å².